The first-order valence-corrected chi connectivity index (χ1v) is 13.3. The quantitative estimate of drug-likeness (QED) is 0.601. The van der Waals surface area contributed by atoms with Crippen LogP contribution in [0, 0.1) is 5.82 Å². The third-order valence-electron chi connectivity index (χ3n) is 7.64. The predicted octanol–water partition coefficient (Wildman–Crippen LogP) is 3.78. The fourth-order valence-corrected chi connectivity index (χ4v) is 5.78. The van der Waals surface area contributed by atoms with Crippen molar-refractivity contribution in [2.24, 2.45) is 0 Å². The number of aliphatic hydroxyl groups excluding tert-OH is 1. The van der Waals surface area contributed by atoms with Gasteiger partial charge in [0.1, 0.15) is 12.4 Å². The van der Waals surface area contributed by atoms with Crippen molar-refractivity contribution >= 4 is 22.5 Å². The minimum atomic E-state index is -0.668. The largest absolute Gasteiger partial charge is 0.395 e. The summed E-state index contributed by atoms with van der Waals surface area (Å²) in [6.45, 7) is 4.89. The second-order valence-electron chi connectivity index (χ2n) is 11.3. The lowest BCUT2D eigenvalue weighted by molar-refractivity contribution is -0.137. The molecule has 198 valence electrons. The molecule has 0 spiro atoms. The highest BCUT2D eigenvalue weighted by Crippen LogP contribution is 2.32. The number of hydrogen-bond donors (Lipinski definition) is 2. The Balaban J connectivity index is 1.82. The zero-order valence-corrected chi connectivity index (χ0v) is 21.7. The number of β-amino-alcohol motifs (C(OH)–C–C–N with tert-alkyl or cyclic N) is 1. The summed E-state index contributed by atoms with van der Waals surface area (Å²) < 4.78 is 17.8. The number of aliphatic hydroxyl groups is 1. The highest BCUT2D eigenvalue weighted by Gasteiger charge is 2.29. The minimum absolute atomic E-state index is 0.0896. The zero-order valence-electron chi connectivity index (χ0n) is 21.7. The van der Waals surface area contributed by atoms with Crippen molar-refractivity contribution in [3.05, 3.63) is 38.8 Å². The van der Waals surface area contributed by atoms with Crippen LogP contribution in [-0.4, -0.2) is 49.8 Å². The Morgan fingerprint density at radius 2 is 1.72 bits per heavy atom. The van der Waals surface area contributed by atoms with E-state index in [1.165, 1.54) is 17.4 Å². The lowest BCUT2D eigenvalue weighted by Gasteiger charge is -2.35. The van der Waals surface area contributed by atoms with Crippen LogP contribution in [0.3, 0.4) is 0 Å². The van der Waals surface area contributed by atoms with Gasteiger partial charge in [-0.05, 0) is 58.6 Å². The van der Waals surface area contributed by atoms with Gasteiger partial charge in [0.25, 0.3) is 5.56 Å². The van der Waals surface area contributed by atoms with Crippen molar-refractivity contribution in [1.82, 2.24) is 14.0 Å². The smallest absolute Gasteiger partial charge is 0.332 e. The predicted molar refractivity (Wildman–Crippen MR) is 139 cm³/mol. The second kappa shape index (κ2) is 10.7. The van der Waals surface area contributed by atoms with Crippen molar-refractivity contribution in [3.8, 4) is 0 Å². The monoisotopic (exact) mass is 502 g/mol. The molecule has 2 fully saturated rings. The summed E-state index contributed by atoms with van der Waals surface area (Å²) in [7, 11) is 0. The normalized spacial score (nSPS) is 17.6. The maximum atomic E-state index is 15.2. The third kappa shape index (κ3) is 5.36. The van der Waals surface area contributed by atoms with Crippen LogP contribution < -0.4 is 16.6 Å². The molecular weight excluding hydrogens is 463 g/mol. The van der Waals surface area contributed by atoms with Crippen LogP contribution in [0.4, 0.5) is 10.1 Å². The standard InChI is InChI=1S/C27H39FN4O4/c1-27(2,3)31(13-14-33)24(34)17-30-25(35)20-15-21(28)22(29-18-9-5-4-6-10-18)16-23(20)32(26(30)36)19-11-7-8-12-19/h15-16,18-19,29,33H,4-14,17H2,1-3H3. The lowest BCUT2D eigenvalue weighted by Crippen LogP contribution is -2.51. The fourth-order valence-electron chi connectivity index (χ4n) is 5.78. The van der Waals surface area contributed by atoms with Crippen LogP contribution in [0.25, 0.3) is 10.9 Å². The summed E-state index contributed by atoms with van der Waals surface area (Å²) in [5.41, 5.74) is -1.07. The van der Waals surface area contributed by atoms with E-state index in [0.29, 0.717) is 11.2 Å². The molecule has 4 rings (SSSR count). The molecule has 0 radical (unpaired) electrons. The van der Waals surface area contributed by atoms with Crippen molar-refractivity contribution in [2.45, 2.75) is 103 Å². The van der Waals surface area contributed by atoms with E-state index in [1.54, 1.807) is 10.6 Å². The van der Waals surface area contributed by atoms with E-state index < -0.39 is 35.1 Å². The Morgan fingerprint density at radius 1 is 1.08 bits per heavy atom. The van der Waals surface area contributed by atoms with Crippen LogP contribution in [-0.2, 0) is 11.3 Å². The summed E-state index contributed by atoms with van der Waals surface area (Å²) >= 11 is 0. The molecule has 9 heteroatoms. The molecule has 2 aliphatic rings. The number of nitrogens with zero attached hydrogens (tertiary/aromatic N) is 3. The van der Waals surface area contributed by atoms with Crippen LogP contribution in [0.15, 0.2) is 21.7 Å². The average molecular weight is 503 g/mol. The van der Waals surface area contributed by atoms with E-state index in [9.17, 15) is 19.5 Å². The highest BCUT2D eigenvalue weighted by molar-refractivity contribution is 5.83. The number of nitrogens with one attached hydrogen (secondary N) is 1. The fraction of sp³-hybridized carbons (Fsp3) is 0.667. The molecule has 0 bridgehead atoms. The molecule has 1 aromatic heterocycles. The number of carbonyl (C=O) groups excluding carboxylic acids is 1. The molecular formula is C27H39FN4O4. The van der Waals surface area contributed by atoms with Crippen molar-refractivity contribution < 1.29 is 14.3 Å². The van der Waals surface area contributed by atoms with Gasteiger partial charge in [-0.15, -0.1) is 0 Å². The van der Waals surface area contributed by atoms with Crippen LogP contribution in [0.5, 0.6) is 0 Å². The average Bonchev–Trinajstić information content (AvgIpc) is 3.36. The number of aromatic nitrogens is 2. The Bertz CT molecular complexity index is 1220. The number of anilines is 1. The molecule has 0 atom stereocenters. The van der Waals surface area contributed by atoms with Crippen LogP contribution in [0.2, 0.25) is 0 Å². The maximum Gasteiger partial charge on any atom is 0.332 e. The SMILES string of the molecule is CC(C)(C)N(CCO)C(=O)Cn1c(=O)c2cc(F)c(NC3CCCCC3)cc2n(C2CCCC2)c1=O. The van der Waals surface area contributed by atoms with Gasteiger partial charge in [0.15, 0.2) is 0 Å². The Labute approximate surface area is 211 Å². The van der Waals surface area contributed by atoms with Crippen LogP contribution >= 0.6 is 0 Å². The Hall–Kier alpha value is -2.68. The summed E-state index contributed by atoms with van der Waals surface area (Å²) in [6.07, 6.45) is 8.84. The van der Waals surface area contributed by atoms with E-state index in [-0.39, 0.29) is 30.6 Å². The molecule has 36 heavy (non-hydrogen) atoms. The summed E-state index contributed by atoms with van der Waals surface area (Å²) in [5, 5.41) is 12.9. The topological polar surface area (TPSA) is 96.6 Å². The molecule has 0 saturated heterocycles. The molecule has 0 unspecified atom stereocenters. The number of halogens is 1. The van der Waals surface area contributed by atoms with Gasteiger partial charge in [-0.1, -0.05) is 32.1 Å². The Morgan fingerprint density at radius 3 is 2.33 bits per heavy atom. The van der Waals surface area contributed by atoms with E-state index in [2.05, 4.69) is 5.32 Å². The van der Waals surface area contributed by atoms with Gasteiger partial charge >= 0.3 is 5.69 Å². The summed E-state index contributed by atoms with van der Waals surface area (Å²) in [5.74, 6) is -0.972. The number of benzene rings is 1. The molecule has 2 N–H and O–H groups in total. The molecule has 2 aliphatic carbocycles. The molecule has 1 heterocycles. The number of rotatable bonds is 7. The van der Waals surface area contributed by atoms with Crippen molar-refractivity contribution in [3.63, 3.8) is 0 Å². The molecule has 2 saturated carbocycles. The maximum absolute atomic E-state index is 15.2. The van der Waals surface area contributed by atoms with E-state index in [4.69, 9.17) is 0 Å². The zero-order chi connectivity index (χ0) is 26.0. The number of fused-ring (bicyclic) bond motifs is 1. The third-order valence-corrected chi connectivity index (χ3v) is 7.64. The van der Waals surface area contributed by atoms with Gasteiger partial charge in [0.2, 0.25) is 5.91 Å². The van der Waals surface area contributed by atoms with Gasteiger partial charge < -0.3 is 15.3 Å². The van der Waals surface area contributed by atoms with E-state index in [0.717, 1.165) is 55.9 Å². The molecule has 8 nitrogen and oxygen atoms in total. The van der Waals surface area contributed by atoms with Gasteiger partial charge in [0.05, 0.1) is 23.2 Å². The first kappa shape index (κ1) is 26.4. The second-order valence-corrected chi connectivity index (χ2v) is 11.3. The lowest BCUT2D eigenvalue weighted by atomic mass is 9.95. The van der Waals surface area contributed by atoms with Crippen molar-refractivity contribution in [1.29, 1.82) is 0 Å². The van der Waals surface area contributed by atoms with E-state index >= 15 is 4.39 Å². The summed E-state index contributed by atoms with van der Waals surface area (Å²) in [6, 6.07) is 2.89. The van der Waals surface area contributed by atoms with E-state index in [1.807, 2.05) is 20.8 Å². The highest BCUT2D eigenvalue weighted by atomic mass is 19.1. The van der Waals surface area contributed by atoms with Gasteiger partial charge in [0, 0.05) is 24.2 Å². The van der Waals surface area contributed by atoms with Gasteiger partial charge in [-0.2, -0.15) is 0 Å². The number of amides is 1. The molecule has 0 aliphatic heterocycles. The molecule has 2 aromatic rings. The van der Waals surface area contributed by atoms with Crippen molar-refractivity contribution in [2.75, 3.05) is 18.5 Å². The Kier molecular flexibility index (Phi) is 7.87. The number of hydrogen-bond acceptors (Lipinski definition) is 5. The first-order chi connectivity index (χ1) is 17.1. The first-order valence-electron chi connectivity index (χ1n) is 13.3. The van der Waals surface area contributed by atoms with Gasteiger partial charge in [-0.3, -0.25) is 18.7 Å². The van der Waals surface area contributed by atoms with Gasteiger partial charge in [-0.25, -0.2) is 9.18 Å². The molecule has 1 aromatic carbocycles. The molecule has 1 amide bonds. The summed E-state index contributed by atoms with van der Waals surface area (Å²) in [4.78, 5) is 41.9. The minimum Gasteiger partial charge on any atom is -0.395 e. The van der Waals surface area contributed by atoms with Crippen LogP contribution in [0.1, 0.15) is 84.6 Å². The number of carbonyl (C=O) groups is 1.